The van der Waals surface area contributed by atoms with Gasteiger partial charge in [-0.15, -0.1) is 0 Å². The molecule has 4 nitrogen and oxygen atoms in total. The van der Waals surface area contributed by atoms with Gasteiger partial charge in [-0.2, -0.15) is 5.10 Å². The highest BCUT2D eigenvalue weighted by atomic mass is 16.4. The highest BCUT2D eigenvalue weighted by Gasteiger charge is 2.12. The second-order valence-corrected chi connectivity index (χ2v) is 4.10. The van der Waals surface area contributed by atoms with E-state index in [1.54, 1.807) is 23.0 Å². The van der Waals surface area contributed by atoms with Crippen molar-refractivity contribution in [1.82, 2.24) is 9.78 Å². The molecule has 0 amide bonds. The molecule has 2 rings (SSSR count). The summed E-state index contributed by atoms with van der Waals surface area (Å²) in [5.74, 6) is -0.909. The van der Waals surface area contributed by atoms with Gasteiger partial charge in [0.2, 0.25) is 0 Å². The summed E-state index contributed by atoms with van der Waals surface area (Å²) in [6.07, 6.45) is 1.77. The number of rotatable bonds is 2. The highest BCUT2D eigenvalue weighted by Crippen LogP contribution is 2.27. The van der Waals surface area contributed by atoms with Crippen LogP contribution in [0.15, 0.2) is 24.4 Å². The maximum Gasteiger partial charge on any atom is 0.335 e. The summed E-state index contributed by atoms with van der Waals surface area (Å²) in [6, 6.07) is 5.14. The van der Waals surface area contributed by atoms with E-state index in [9.17, 15) is 4.79 Å². The number of carbonyl (C=O) groups is 1. The Morgan fingerprint density at radius 3 is 2.53 bits per heavy atom. The van der Waals surface area contributed by atoms with Gasteiger partial charge >= 0.3 is 5.97 Å². The molecular weight excluding hydrogens is 216 g/mol. The minimum Gasteiger partial charge on any atom is -0.478 e. The van der Waals surface area contributed by atoms with Crippen LogP contribution in [-0.2, 0) is 7.05 Å². The average molecular weight is 230 g/mol. The van der Waals surface area contributed by atoms with Crippen molar-refractivity contribution in [3.05, 3.63) is 41.2 Å². The fourth-order valence-corrected chi connectivity index (χ4v) is 1.81. The Bertz CT molecular complexity index is 585. The number of benzene rings is 1. The van der Waals surface area contributed by atoms with Crippen LogP contribution in [0.25, 0.3) is 11.1 Å². The summed E-state index contributed by atoms with van der Waals surface area (Å²) in [7, 11) is 1.87. The largest absolute Gasteiger partial charge is 0.478 e. The second kappa shape index (κ2) is 4.05. The van der Waals surface area contributed by atoms with Crippen molar-refractivity contribution < 1.29 is 9.90 Å². The number of aromatic nitrogens is 2. The summed E-state index contributed by atoms with van der Waals surface area (Å²) >= 11 is 0. The van der Waals surface area contributed by atoms with Gasteiger partial charge in [0.15, 0.2) is 0 Å². The normalized spacial score (nSPS) is 10.5. The number of hydrogen-bond donors (Lipinski definition) is 1. The van der Waals surface area contributed by atoms with Gasteiger partial charge in [-0.1, -0.05) is 6.07 Å². The molecule has 0 aliphatic heterocycles. The first kappa shape index (κ1) is 11.4. The average Bonchev–Trinajstić information content (AvgIpc) is 2.60. The Balaban J connectivity index is 2.62. The first-order valence-electron chi connectivity index (χ1n) is 5.33. The number of nitrogens with zero attached hydrogens (tertiary/aromatic N) is 2. The SMILES string of the molecule is Cc1ccc(C(=O)O)cc1-c1cnn(C)c1C. The Morgan fingerprint density at radius 2 is 2.00 bits per heavy atom. The molecular formula is C13H14N2O2. The molecule has 0 bridgehead atoms. The molecule has 1 heterocycles. The van der Waals surface area contributed by atoms with E-state index in [0.717, 1.165) is 22.4 Å². The predicted molar refractivity (Wildman–Crippen MR) is 65.1 cm³/mol. The number of carboxylic acid groups (broad SMARTS) is 1. The summed E-state index contributed by atoms with van der Waals surface area (Å²) in [4.78, 5) is 11.0. The summed E-state index contributed by atoms with van der Waals surface area (Å²) in [5, 5.41) is 13.2. The van der Waals surface area contributed by atoms with E-state index in [1.807, 2.05) is 27.0 Å². The maximum absolute atomic E-state index is 11.0. The third kappa shape index (κ3) is 1.93. The number of aryl methyl sites for hydroxylation is 2. The van der Waals surface area contributed by atoms with Crippen molar-refractivity contribution in [1.29, 1.82) is 0 Å². The number of aromatic carboxylic acids is 1. The highest BCUT2D eigenvalue weighted by molar-refractivity contribution is 5.90. The van der Waals surface area contributed by atoms with Gasteiger partial charge in [0, 0.05) is 18.3 Å². The van der Waals surface area contributed by atoms with Crippen LogP contribution in [0, 0.1) is 13.8 Å². The van der Waals surface area contributed by atoms with Crippen LogP contribution < -0.4 is 0 Å². The topological polar surface area (TPSA) is 55.1 Å². The molecule has 0 saturated carbocycles. The fourth-order valence-electron chi connectivity index (χ4n) is 1.81. The van der Waals surface area contributed by atoms with E-state index in [-0.39, 0.29) is 0 Å². The lowest BCUT2D eigenvalue weighted by Gasteiger charge is -2.06. The third-order valence-electron chi connectivity index (χ3n) is 3.01. The van der Waals surface area contributed by atoms with Crippen LogP contribution in [0.2, 0.25) is 0 Å². The lowest BCUT2D eigenvalue weighted by Crippen LogP contribution is -1.98. The first-order chi connectivity index (χ1) is 8.00. The quantitative estimate of drug-likeness (QED) is 0.861. The zero-order valence-corrected chi connectivity index (χ0v) is 10.1. The molecule has 1 aromatic heterocycles. The molecule has 0 atom stereocenters. The lowest BCUT2D eigenvalue weighted by atomic mass is 9.99. The fraction of sp³-hybridized carbons (Fsp3) is 0.231. The van der Waals surface area contributed by atoms with E-state index < -0.39 is 5.97 Å². The van der Waals surface area contributed by atoms with Crippen molar-refractivity contribution in [2.75, 3.05) is 0 Å². The van der Waals surface area contributed by atoms with E-state index in [2.05, 4.69) is 5.10 Å². The van der Waals surface area contributed by atoms with Gasteiger partial charge in [0.1, 0.15) is 0 Å². The Hall–Kier alpha value is -2.10. The molecule has 0 radical (unpaired) electrons. The van der Waals surface area contributed by atoms with Crippen molar-refractivity contribution >= 4 is 5.97 Å². The molecule has 4 heteroatoms. The third-order valence-corrected chi connectivity index (χ3v) is 3.01. The summed E-state index contributed by atoms with van der Waals surface area (Å²) in [6.45, 7) is 3.93. The first-order valence-corrected chi connectivity index (χ1v) is 5.33. The minimum absolute atomic E-state index is 0.300. The minimum atomic E-state index is -0.909. The molecule has 17 heavy (non-hydrogen) atoms. The number of carboxylic acids is 1. The van der Waals surface area contributed by atoms with Gasteiger partial charge < -0.3 is 5.11 Å². The van der Waals surface area contributed by atoms with Crippen molar-refractivity contribution in [3.63, 3.8) is 0 Å². The summed E-state index contributed by atoms with van der Waals surface area (Å²) < 4.78 is 1.78. The monoisotopic (exact) mass is 230 g/mol. The zero-order valence-electron chi connectivity index (χ0n) is 10.1. The van der Waals surface area contributed by atoms with Crippen molar-refractivity contribution in [2.45, 2.75) is 13.8 Å². The molecule has 0 aliphatic carbocycles. The predicted octanol–water partition coefficient (Wildman–Crippen LogP) is 2.40. The van der Waals surface area contributed by atoms with Gasteiger partial charge in [-0.05, 0) is 37.1 Å². The van der Waals surface area contributed by atoms with Crippen molar-refractivity contribution in [2.24, 2.45) is 7.05 Å². The Labute approximate surface area is 99.5 Å². The van der Waals surface area contributed by atoms with E-state index in [1.165, 1.54) is 0 Å². The lowest BCUT2D eigenvalue weighted by molar-refractivity contribution is 0.0697. The van der Waals surface area contributed by atoms with Crippen LogP contribution in [0.4, 0.5) is 0 Å². The Morgan fingerprint density at radius 1 is 1.29 bits per heavy atom. The van der Waals surface area contributed by atoms with Crippen LogP contribution in [0.1, 0.15) is 21.6 Å². The molecule has 0 aliphatic rings. The second-order valence-electron chi connectivity index (χ2n) is 4.10. The molecule has 0 unspecified atom stereocenters. The van der Waals surface area contributed by atoms with Crippen LogP contribution in [0.5, 0.6) is 0 Å². The van der Waals surface area contributed by atoms with Crippen LogP contribution >= 0.6 is 0 Å². The van der Waals surface area contributed by atoms with Crippen LogP contribution in [-0.4, -0.2) is 20.9 Å². The van der Waals surface area contributed by atoms with Crippen LogP contribution in [0.3, 0.4) is 0 Å². The van der Waals surface area contributed by atoms with Gasteiger partial charge in [0.05, 0.1) is 11.8 Å². The van der Waals surface area contributed by atoms with Gasteiger partial charge in [-0.3, -0.25) is 4.68 Å². The molecule has 88 valence electrons. The summed E-state index contributed by atoms with van der Waals surface area (Å²) in [5.41, 5.74) is 4.28. The molecule has 1 N–H and O–H groups in total. The van der Waals surface area contributed by atoms with Crippen molar-refractivity contribution in [3.8, 4) is 11.1 Å². The molecule has 0 fully saturated rings. The maximum atomic E-state index is 11.0. The standard InChI is InChI=1S/C13H14N2O2/c1-8-4-5-10(13(16)17)6-11(8)12-7-14-15(3)9(12)2/h4-7H,1-3H3,(H,16,17). The number of hydrogen-bond acceptors (Lipinski definition) is 2. The van der Waals surface area contributed by atoms with E-state index >= 15 is 0 Å². The smallest absolute Gasteiger partial charge is 0.335 e. The Kier molecular flexibility index (Phi) is 2.71. The zero-order chi connectivity index (χ0) is 12.6. The molecule has 0 spiro atoms. The van der Waals surface area contributed by atoms with Gasteiger partial charge in [-0.25, -0.2) is 4.79 Å². The molecule has 1 aromatic carbocycles. The molecule has 0 saturated heterocycles. The van der Waals surface area contributed by atoms with E-state index in [0.29, 0.717) is 5.56 Å². The van der Waals surface area contributed by atoms with Gasteiger partial charge in [0.25, 0.3) is 0 Å². The molecule has 2 aromatic rings. The van der Waals surface area contributed by atoms with E-state index in [4.69, 9.17) is 5.11 Å².